The van der Waals surface area contributed by atoms with E-state index in [1.54, 1.807) is 25.1 Å². The lowest BCUT2D eigenvalue weighted by Crippen LogP contribution is -2.23. The molecule has 3 aromatic rings. The fourth-order valence-corrected chi connectivity index (χ4v) is 3.46. The summed E-state index contributed by atoms with van der Waals surface area (Å²) in [5.41, 5.74) is 7.22. The van der Waals surface area contributed by atoms with Crippen molar-refractivity contribution < 1.29 is 4.79 Å². The molecule has 0 unspecified atom stereocenters. The first kappa shape index (κ1) is 14.9. The van der Waals surface area contributed by atoms with Crippen LogP contribution in [0.4, 0.5) is 0 Å². The average Bonchev–Trinajstić information content (AvgIpc) is 2.84. The zero-order valence-electron chi connectivity index (χ0n) is 12.2. The van der Waals surface area contributed by atoms with E-state index in [1.807, 2.05) is 6.07 Å². The van der Waals surface area contributed by atoms with Crippen LogP contribution in [0.1, 0.15) is 32.2 Å². The zero-order valence-corrected chi connectivity index (χ0v) is 13.1. The molecule has 23 heavy (non-hydrogen) atoms. The Hall–Kier alpha value is -2.98. The third-order valence-electron chi connectivity index (χ3n) is 3.42. The third-order valence-corrected chi connectivity index (χ3v) is 4.37. The van der Waals surface area contributed by atoms with E-state index >= 15 is 0 Å². The van der Waals surface area contributed by atoms with Gasteiger partial charge < -0.3 is 5.73 Å². The van der Waals surface area contributed by atoms with Crippen molar-refractivity contribution in [3.63, 3.8) is 0 Å². The molecule has 0 spiro atoms. The van der Waals surface area contributed by atoms with Gasteiger partial charge in [-0.05, 0) is 24.6 Å². The van der Waals surface area contributed by atoms with Crippen molar-refractivity contribution in [2.45, 2.75) is 13.3 Å². The Morgan fingerprint density at radius 1 is 1.43 bits per heavy atom. The van der Waals surface area contributed by atoms with E-state index in [-0.39, 0.29) is 11.3 Å². The van der Waals surface area contributed by atoms with Crippen molar-refractivity contribution in [3.8, 4) is 6.07 Å². The highest BCUT2D eigenvalue weighted by Gasteiger charge is 2.17. The number of primary amides is 1. The van der Waals surface area contributed by atoms with E-state index in [9.17, 15) is 9.59 Å². The highest BCUT2D eigenvalue weighted by Crippen LogP contribution is 2.20. The van der Waals surface area contributed by atoms with Gasteiger partial charge in [0.2, 0.25) is 0 Å². The molecule has 6 nitrogen and oxygen atoms in total. The Labute approximate surface area is 135 Å². The summed E-state index contributed by atoms with van der Waals surface area (Å²) in [6, 6.07) is 10.6. The molecule has 114 valence electrons. The Morgan fingerprint density at radius 2 is 2.22 bits per heavy atom. The molecule has 0 aliphatic rings. The highest BCUT2D eigenvalue weighted by atomic mass is 32.1. The molecular weight excluding hydrogens is 312 g/mol. The smallest absolute Gasteiger partial charge is 0.266 e. The minimum atomic E-state index is -0.646. The van der Waals surface area contributed by atoms with Gasteiger partial charge >= 0.3 is 0 Å². The summed E-state index contributed by atoms with van der Waals surface area (Å²) in [6.07, 6.45) is 0.435. The maximum absolute atomic E-state index is 12.3. The second kappa shape index (κ2) is 5.66. The van der Waals surface area contributed by atoms with Crippen LogP contribution >= 0.6 is 11.3 Å². The number of rotatable bonds is 3. The lowest BCUT2D eigenvalue weighted by Gasteiger charge is -2.03. The largest absolute Gasteiger partial charge is 0.364 e. The van der Waals surface area contributed by atoms with Crippen LogP contribution in [0.2, 0.25) is 0 Å². The summed E-state index contributed by atoms with van der Waals surface area (Å²) in [5, 5.41) is 8.94. The molecule has 0 saturated carbocycles. The van der Waals surface area contributed by atoms with Gasteiger partial charge in [-0.25, -0.2) is 9.38 Å². The number of nitrogens with zero attached hydrogens (tertiary/aromatic N) is 3. The molecule has 0 aliphatic carbocycles. The van der Waals surface area contributed by atoms with Crippen molar-refractivity contribution in [1.82, 2.24) is 9.38 Å². The molecule has 1 aromatic carbocycles. The molecular formula is C16H12N4O2S. The van der Waals surface area contributed by atoms with E-state index in [2.05, 4.69) is 11.1 Å². The average molecular weight is 324 g/mol. The summed E-state index contributed by atoms with van der Waals surface area (Å²) < 4.78 is 1.25. The summed E-state index contributed by atoms with van der Waals surface area (Å²) in [6.45, 7) is 1.73. The number of carbonyl (C=O) groups is 1. The quantitative estimate of drug-likeness (QED) is 0.791. The summed E-state index contributed by atoms with van der Waals surface area (Å²) in [5.74, 6) is -0.646. The Kier molecular flexibility index (Phi) is 3.68. The van der Waals surface area contributed by atoms with E-state index in [0.29, 0.717) is 27.5 Å². The maximum Gasteiger partial charge on any atom is 0.266 e. The normalized spacial score (nSPS) is 10.6. The molecule has 2 heterocycles. The number of aryl methyl sites for hydroxylation is 1. The number of fused-ring (bicyclic) bond motifs is 1. The van der Waals surface area contributed by atoms with E-state index in [0.717, 1.165) is 5.56 Å². The molecule has 2 aromatic heterocycles. The molecule has 0 bridgehead atoms. The maximum atomic E-state index is 12.3. The predicted molar refractivity (Wildman–Crippen MR) is 86.6 cm³/mol. The van der Waals surface area contributed by atoms with Crippen molar-refractivity contribution in [2.24, 2.45) is 5.73 Å². The van der Waals surface area contributed by atoms with Crippen LogP contribution in [0.25, 0.3) is 4.96 Å². The van der Waals surface area contributed by atoms with Crippen LogP contribution in [0.3, 0.4) is 0 Å². The van der Waals surface area contributed by atoms with Crippen LogP contribution < -0.4 is 11.3 Å². The molecule has 0 radical (unpaired) electrons. The molecule has 0 atom stereocenters. The highest BCUT2D eigenvalue weighted by molar-refractivity contribution is 7.17. The number of hydrogen-bond acceptors (Lipinski definition) is 5. The lowest BCUT2D eigenvalue weighted by molar-refractivity contribution is 0.0994. The number of carbonyl (C=O) groups excluding carboxylic acids is 1. The van der Waals surface area contributed by atoms with Gasteiger partial charge in [0.05, 0.1) is 17.3 Å². The van der Waals surface area contributed by atoms with Crippen LogP contribution in [-0.2, 0) is 6.42 Å². The third kappa shape index (κ3) is 2.72. The summed E-state index contributed by atoms with van der Waals surface area (Å²) in [7, 11) is 0. The molecule has 0 saturated heterocycles. The number of amides is 1. The minimum absolute atomic E-state index is 0.181. The van der Waals surface area contributed by atoms with Gasteiger partial charge in [-0.2, -0.15) is 5.26 Å². The number of thiazole rings is 1. The van der Waals surface area contributed by atoms with Crippen molar-refractivity contribution in [3.05, 3.63) is 68.1 Å². The second-order valence-corrected chi connectivity index (χ2v) is 6.25. The number of benzene rings is 1. The number of hydrogen-bond donors (Lipinski definition) is 1. The number of nitrogens with two attached hydrogens (primary N) is 1. The standard InChI is InChI=1S/C16H12N4O2S/c1-9-14(15(18)22)20-13(21)7-12(19-16(20)23-9)6-10-3-2-4-11(5-10)8-17/h2-5,7H,6H2,1H3,(H2,18,22). The van der Waals surface area contributed by atoms with Gasteiger partial charge in [0.15, 0.2) is 4.96 Å². The van der Waals surface area contributed by atoms with E-state index in [1.165, 1.54) is 21.8 Å². The van der Waals surface area contributed by atoms with Crippen molar-refractivity contribution in [2.75, 3.05) is 0 Å². The Morgan fingerprint density at radius 3 is 2.91 bits per heavy atom. The summed E-state index contributed by atoms with van der Waals surface area (Å²) >= 11 is 1.25. The molecule has 7 heteroatoms. The van der Waals surface area contributed by atoms with Gasteiger partial charge in [0.1, 0.15) is 5.69 Å². The fraction of sp³-hybridized carbons (Fsp3) is 0.125. The first-order chi connectivity index (χ1) is 11.0. The first-order valence-corrected chi connectivity index (χ1v) is 7.62. The van der Waals surface area contributed by atoms with Crippen LogP contribution in [0.15, 0.2) is 35.1 Å². The monoisotopic (exact) mass is 324 g/mol. The molecule has 0 fully saturated rings. The first-order valence-electron chi connectivity index (χ1n) is 6.80. The van der Waals surface area contributed by atoms with Crippen LogP contribution in [0.5, 0.6) is 0 Å². The second-order valence-electron chi connectivity index (χ2n) is 5.06. The topological polar surface area (TPSA) is 101 Å². The minimum Gasteiger partial charge on any atom is -0.364 e. The van der Waals surface area contributed by atoms with Crippen LogP contribution in [0, 0.1) is 18.3 Å². The number of aromatic nitrogens is 2. The fourth-order valence-electron chi connectivity index (χ4n) is 2.46. The Balaban J connectivity index is 2.09. The lowest BCUT2D eigenvalue weighted by atomic mass is 10.1. The number of nitriles is 1. The summed E-state index contributed by atoms with van der Waals surface area (Å²) in [4.78, 5) is 29.4. The van der Waals surface area contributed by atoms with E-state index in [4.69, 9.17) is 11.0 Å². The predicted octanol–water partition coefficient (Wildman–Crippen LogP) is 1.63. The van der Waals surface area contributed by atoms with Gasteiger partial charge in [0, 0.05) is 17.4 Å². The molecule has 1 amide bonds. The molecule has 2 N–H and O–H groups in total. The Bertz CT molecular complexity index is 1030. The van der Waals surface area contributed by atoms with Crippen LogP contribution in [-0.4, -0.2) is 15.3 Å². The van der Waals surface area contributed by atoms with E-state index < -0.39 is 5.91 Å². The van der Waals surface area contributed by atoms with Gasteiger partial charge in [-0.1, -0.05) is 12.1 Å². The van der Waals surface area contributed by atoms with Crippen molar-refractivity contribution >= 4 is 22.2 Å². The zero-order chi connectivity index (χ0) is 16.6. The van der Waals surface area contributed by atoms with Crippen molar-refractivity contribution in [1.29, 1.82) is 5.26 Å². The van der Waals surface area contributed by atoms with Gasteiger partial charge in [0.25, 0.3) is 11.5 Å². The van der Waals surface area contributed by atoms with Gasteiger partial charge in [-0.15, -0.1) is 11.3 Å². The molecule has 0 aliphatic heterocycles. The SMILES string of the molecule is Cc1sc2nc(Cc3cccc(C#N)c3)cc(=O)n2c1C(N)=O. The molecule has 3 rings (SSSR count). The van der Waals surface area contributed by atoms with Gasteiger partial charge in [-0.3, -0.25) is 9.59 Å².